The minimum atomic E-state index is -3.04. The van der Waals surface area contributed by atoms with Gasteiger partial charge in [-0.3, -0.25) is 4.79 Å². The van der Waals surface area contributed by atoms with Crippen molar-refractivity contribution in [3.8, 4) is 17.2 Å². The van der Waals surface area contributed by atoms with Crippen LogP contribution in [0.15, 0.2) is 42.5 Å². The van der Waals surface area contributed by atoms with Crippen molar-refractivity contribution in [2.24, 2.45) is 0 Å². The molecule has 0 radical (unpaired) electrons. The molecule has 0 fully saturated rings. The van der Waals surface area contributed by atoms with Gasteiger partial charge in [0.1, 0.15) is 5.75 Å². The molecule has 1 amide bonds. The van der Waals surface area contributed by atoms with Crippen molar-refractivity contribution in [1.29, 1.82) is 0 Å². The number of hydrogen-bond donors (Lipinski definition) is 1. The summed E-state index contributed by atoms with van der Waals surface area (Å²) >= 11 is 0. The van der Waals surface area contributed by atoms with Gasteiger partial charge in [0, 0.05) is 0 Å². The molecule has 0 atom stereocenters. The Balaban J connectivity index is 1.82. The number of anilines is 1. The molecule has 0 saturated heterocycles. The molecule has 0 heterocycles. The summed E-state index contributed by atoms with van der Waals surface area (Å²) in [6.07, 6.45) is 0. The van der Waals surface area contributed by atoms with Gasteiger partial charge in [-0.15, -0.1) is 0 Å². The molecule has 0 aliphatic rings. The zero-order valence-electron chi connectivity index (χ0n) is 15.2. The van der Waals surface area contributed by atoms with Crippen LogP contribution < -0.4 is 19.5 Å². The second-order valence-corrected chi connectivity index (χ2v) is 5.53. The largest absolute Gasteiger partial charge is 0.493 e. The maximum atomic E-state index is 12.4. The number of rotatable bonds is 9. The summed E-state index contributed by atoms with van der Waals surface area (Å²) in [6, 6.07) is 10.8. The highest BCUT2D eigenvalue weighted by Gasteiger charge is 2.14. The minimum absolute atomic E-state index is 0.0319. The molecule has 1 N–H and O–H groups in total. The molecular weight excluding hydrogens is 376 g/mol. The number of carbonyl (C=O) groups is 2. The lowest BCUT2D eigenvalue weighted by Gasteiger charge is -2.12. The molecule has 0 aliphatic heterocycles. The van der Waals surface area contributed by atoms with E-state index in [9.17, 15) is 18.4 Å². The van der Waals surface area contributed by atoms with Crippen molar-refractivity contribution >= 4 is 17.6 Å². The number of para-hydroxylation sites is 2. The molecule has 9 heteroatoms. The Bertz CT molecular complexity index is 828. The smallest absolute Gasteiger partial charge is 0.387 e. The van der Waals surface area contributed by atoms with E-state index in [2.05, 4.69) is 10.1 Å². The van der Waals surface area contributed by atoms with E-state index < -0.39 is 31.7 Å². The van der Waals surface area contributed by atoms with Crippen LogP contribution in [0.2, 0.25) is 0 Å². The fourth-order valence-electron chi connectivity index (χ4n) is 2.17. The van der Waals surface area contributed by atoms with Gasteiger partial charge < -0.3 is 24.3 Å². The molecule has 2 rings (SSSR count). The van der Waals surface area contributed by atoms with Crippen LogP contribution in [0.25, 0.3) is 0 Å². The molecule has 0 bridgehead atoms. The average Bonchev–Trinajstić information content (AvgIpc) is 2.66. The zero-order chi connectivity index (χ0) is 20.5. The molecule has 0 aromatic heterocycles. The highest BCUT2D eigenvalue weighted by atomic mass is 19.3. The van der Waals surface area contributed by atoms with Crippen LogP contribution in [0.3, 0.4) is 0 Å². The fourth-order valence-corrected chi connectivity index (χ4v) is 2.17. The number of aryl methyl sites for hydroxylation is 1. The first-order valence-electron chi connectivity index (χ1n) is 8.15. The average molecular weight is 395 g/mol. The fraction of sp³-hybridized carbons (Fsp3) is 0.263. The maximum absolute atomic E-state index is 12.4. The third kappa shape index (κ3) is 6.42. The Hall–Kier alpha value is -3.36. The van der Waals surface area contributed by atoms with E-state index in [0.29, 0.717) is 11.5 Å². The van der Waals surface area contributed by atoms with E-state index in [-0.39, 0.29) is 11.4 Å². The van der Waals surface area contributed by atoms with Crippen molar-refractivity contribution < 1.29 is 37.3 Å². The number of nitrogens with one attached hydrogen (secondary N) is 1. The SMILES string of the molecule is COc1cc(C)ccc1OCC(=O)OCC(=O)Nc1ccccc1OC(F)F. The van der Waals surface area contributed by atoms with Gasteiger partial charge in [-0.1, -0.05) is 18.2 Å². The summed E-state index contributed by atoms with van der Waals surface area (Å²) in [4.78, 5) is 23.6. The van der Waals surface area contributed by atoms with Crippen molar-refractivity contribution in [3.05, 3.63) is 48.0 Å². The third-order valence-corrected chi connectivity index (χ3v) is 3.41. The van der Waals surface area contributed by atoms with Crippen LogP contribution in [-0.2, 0) is 14.3 Å². The first-order valence-corrected chi connectivity index (χ1v) is 8.15. The second-order valence-electron chi connectivity index (χ2n) is 5.53. The summed E-state index contributed by atoms with van der Waals surface area (Å²) in [6.45, 7) is -2.20. The van der Waals surface area contributed by atoms with Crippen molar-refractivity contribution in [1.82, 2.24) is 0 Å². The quantitative estimate of drug-likeness (QED) is 0.657. The van der Waals surface area contributed by atoms with E-state index in [1.807, 2.05) is 6.92 Å². The van der Waals surface area contributed by atoms with Crippen LogP contribution in [-0.4, -0.2) is 38.8 Å². The molecule has 28 heavy (non-hydrogen) atoms. The van der Waals surface area contributed by atoms with Gasteiger partial charge in [0.15, 0.2) is 24.7 Å². The summed E-state index contributed by atoms with van der Waals surface area (Å²) < 4.78 is 44.3. The normalized spacial score (nSPS) is 10.3. The number of carbonyl (C=O) groups excluding carboxylic acids is 2. The van der Waals surface area contributed by atoms with E-state index >= 15 is 0 Å². The second kappa shape index (κ2) is 10.1. The number of ether oxygens (including phenoxy) is 4. The number of hydrogen-bond acceptors (Lipinski definition) is 6. The van der Waals surface area contributed by atoms with Crippen LogP contribution in [0.1, 0.15) is 5.56 Å². The molecule has 7 nitrogen and oxygen atoms in total. The minimum Gasteiger partial charge on any atom is -0.493 e. The summed E-state index contributed by atoms with van der Waals surface area (Å²) in [5.74, 6) is -0.887. The third-order valence-electron chi connectivity index (χ3n) is 3.41. The molecule has 0 saturated carbocycles. The summed E-state index contributed by atoms with van der Waals surface area (Å²) in [7, 11) is 1.47. The van der Waals surface area contributed by atoms with Gasteiger partial charge in [0.05, 0.1) is 12.8 Å². The lowest BCUT2D eigenvalue weighted by Crippen LogP contribution is -2.24. The first-order chi connectivity index (χ1) is 13.4. The molecular formula is C19H19F2NO6. The number of amides is 1. The maximum Gasteiger partial charge on any atom is 0.387 e. The summed E-state index contributed by atoms with van der Waals surface area (Å²) in [5.41, 5.74) is 0.990. The molecule has 150 valence electrons. The highest BCUT2D eigenvalue weighted by Crippen LogP contribution is 2.28. The van der Waals surface area contributed by atoms with Crippen molar-refractivity contribution in [2.45, 2.75) is 13.5 Å². The lowest BCUT2D eigenvalue weighted by atomic mass is 10.2. The van der Waals surface area contributed by atoms with E-state index in [1.165, 1.54) is 31.4 Å². The van der Waals surface area contributed by atoms with Crippen LogP contribution in [0.4, 0.5) is 14.5 Å². The molecule has 0 unspecified atom stereocenters. The van der Waals surface area contributed by atoms with Crippen LogP contribution in [0.5, 0.6) is 17.2 Å². The van der Waals surface area contributed by atoms with Crippen LogP contribution in [0, 0.1) is 6.92 Å². The monoisotopic (exact) mass is 395 g/mol. The zero-order valence-corrected chi connectivity index (χ0v) is 15.2. The Morgan fingerprint density at radius 3 is 2.50 bits per heavy atom. The number of benzene rings is 2. The van der Waals surface area contributed by atoms with Gasteiger partial charge in [0.25, 0.3) is 5.91 Å². The topological polar surface area (TPSA) is 83.1 Å². The number of esters is 1. The Labute approximate surface area is 160 Å². The predicted octanol–water partition coefficient (Wildman–Crippen LogP) is 3.17. The Morgan fingerprint density at radius 1 is 1.04 bits per heavy atom. The highest BCUT2D eigenvalue weighted by molar-refractivity contribution is 5.94. The van der Waals surface area contributed by atoms with Gasteiger partial charge in [-0.25, -0.2) is 4.79 Å². The number of halogens is 2. The molecule has 2 aromatic rings. The Kier molecular flexibility index (Phi) is 7.55. The van der Waals surface area contributed by atoms with E-state index in [4.69, 9.17) is 14.2 Å². The van der Waals surface area contributed by atoms with Crippen molar-refractivity contribution in [3.63, 3.8) is 0 Å². The van der Waals surface area contributed by atoms with E-state index in [1.54, 1.807) is 18.2 Å². The van der Waals surface area contributed by atoms with Crippen molar-refractivity contribution in [2.75, 3.05) is 25.6 Å². The molecule has 0 aliphatic carbocycles. The Morgan fingerprint density at radius 2 is 1.79 bits per heavy atom. The van der Waals surface area contributed by atoms with Crippen LogP contribution >= 0.6 is 0 Å². The van der Waals surface area contributed by atoms with Gasteiger partial charge in [-0.05, 0) is 36.8 Å². The number of methoxy groups -OCH3 is 1. The molecule has 2 aromatic carbocycles. The predicted molar refractivity (Wildman–Crippen MR) is 95.9 cm³/mol. The van der Waals surface area contributed by atoms with E-state index in [0.717, 1.165) is 5.56 Å². The van der Waals surface area contributed by atoms with Gasteiger partial charge >= 0.3 is 12.6 Å². The summed E-state index contributed by atoms with van der Waals surface area (Å²) in [5, 5.41) is 2.33. The van der Waals surface area contributed by atoms with Gasteiger partial charge in [0.2, 0.25) is 0 Å². The number of alkyl halides is 2. The lowest BCUT2D eigenvalue weighted by molar-refractivity contribution is -0.149. The first kappa shape index (κ1) is 20.9. The van der Waals surface area contributed by atoms with Gasteiger partial charge in [-0.2, -0.15) is 8.78 Å². The molecule has 0 spiro atoms. The standard InChI is InChI=1S/C19H19F2NO6/c1-12-7-8-15(16(9-12)25-2)26-11-18(24)27-10-17(23)22-13-5-3-4-6-14(13)28-19(20)21/h3-9,19H,10-11H2,1-2H3,(H,22,23).